The summed E-state index contributed by atoms with van der Waals surface area (Å²) in [4.78, 5) is 12.6. The number of halogens is 3. The standard InChI is InChI=1S/C16H17F3N8O/c1-11-2-3-27(24-11)13-8-12(20-10-21-13)26-6-4-25(5-7-26)9-14-22-23-15(28-14)16(17,18)19/h2-3,8,10H,4-7,9H2,1H3. The van der Waals surface area contributed by atoms with Gasteiger partial charge in [-0.1, -0.05) is 0 Å². The van der Waals surface area contributed by atoms with Crippen molar-refractivity contribution in [3.8, 4) is 5.82 Å². The fourth-order valence-electron chi connectivity index (χ4n) is 2.94. The first kappa shape index (κ1) is 18.3. The number of alkyl halides is 3. The number of aromatic nitrogens is 6. The molecule has 0 bridgehead atoms. The minimum atomic E-state index is -4.62. The second kappa shape index (κ2) is 7.19. The van der Waals surface area contributed by atoms with Gasteiger partial charge in [-0.25, -0.2) is 14.6 Å². The Morgan fingerprint density at radius 1 is 1.07 bits per heavy atom. The lowest BCUT2D eigenvalue weighted by atomic mass is 10.3. The Kier molecular flexibility index (Phi) is 4.71. The molecule has 12 heteroatoms. The molecule has 3 aromatic heterocycles. The Morgan fingerprint density at radius 2 is 1.82 bits per heavy atom. The molecule has 4 rings (SSSR count). The molecule has 1 aliphatic rings. The third-order valence-electron chi connectivity index (χ3n) is 4.36. The number of hydrogen-bond acceptors (Lipinski definition) is 8. The van der Waals surface area contributed by atoms with Gasteiger partial charge in [-0.05, 0) is 13.0 Å². The van der Waals surface area contributed by atoms with Crippen molar-refractivity contribution in [2.45, 2.75) is 19.6 Å². The second-order valence-electron chi connectivity index (χ2n) is 6.40. The minimum Gasteiger partial charge on any atom is -0.416 e. The third kappa shape index (κ3) is 3.96. The van der Waals surface area contributed by atoms with Crippen molar-refractivity contribution in [1.29, 1.82) is 0 Å². The van der Waals surface area contributed by atoms with E-state index in [4.69, 9.17) is 4.42 Å². The molecule has 9 nitrogen and oxygen atoms in total. The highest BCUT2D eigenvalue weighted by Crippen LogP contribution is 2.28. The molecule has 0 atom stereocenters. The van der Waals surface area contributed by atoms with Crippen molar-refractivity contribution in [3.63, 3.8) is 0 Å². The van der Waals surface area contributed by atoms with E-state index in [1.807, 2.05) is 30.2 Å². The maximum Gasteiger partial charge on any atom is 0.470 e. The molecule has 148 valence electrons. The summed E-state index contributed by atoms with van der Waals surface area (Å²) >= 11 is 0. The second-order valence-corrected chi connectivity index (χ2v) is 6.40. The van der Waals surface area contributed by atoms with Crippen molar-refractivity contribution in [1.82, 2.24) is 34.8 Å². The number of aryl methyl sites for hydroxylation is 1. The van der Waals surface area contributed by atoms with Crippen LogP contribution in [0, 0.1) is 6.92 Å². The summed E-state index contributed by atoms with van der Waals surface area (Å²) in [5.41, 5.74) is 0.892. The normalized spacial score (nSPS) is 15.9. The van der Waals surface area contributed by atoms with Gasteiger partial charge in [0.15, 0.2) is 5.82 Å². The van der Waals surface area contributed by atoms with E-state index in [-0.39, 0.29) is 12.4 Å². The van der Waals surface area contributed by atoms with Crippen LogP contribution in [-0.4, -0.2) is 61.0 Å². The largest absolute Gasteiger partial charge is 0.470 e. The molecule has 4 heterocycles. The van der Waals surface area contributed by atoms with Gasteiger partial charge in [0.05, 0.1) is 12.2 Å². The maximum absolute atomic E-state index is 12.5. The fraction of sp³-hybridized carbons (Fsp3) is 0.438. The maximum atomic E-state index is 12.5. The van der Waals surface area contributed by atoms with Gasteiger partial charge in [-0.3, -0.25) is 4.90 Å². The number of rotatable bonds is 4. The first-order valence-electron chi connectivity index (χ1n) is 8.60. The monoisotopic (exact) mass is 394 g/mol. The van der Waals surface area contributed by atoms with Gasteiger partial charge in [0.25, 0.3) is 0 Å². The number of hydrogen-bond donors (Lipinski definition) is 0. The molecule has 0 aliphatic carbocycles. The zero-order valence-corrected chi connectivity index (χ0v) is 15.0. The van der Waals surface area contributed by atoms with Gasteiger partial charge in [0.2, 0.25) is 5.89 Å². The van der Waals surface area contributed by atoms with Gasteiger partial charge >= 0.3 is 12.1 Å². The Bertz CT molecular complexity index is 945. The van der Waals surface area contributed by atoms with E-state index in [2.05, 4.69) is 30.2 Å². The minimum absolute atomic E-state index is 0.0425. The molecule has 1 aliphatic heterocycles. The summed E-state index contributed by atoms with van der Waals surface area (Å²) in [6.07, 6.45) is -1.30. The SMILES string of the molecule is Cc1ccn(-c2cc(N3CCN(Cc4nnc(C(F)(F)F)o4)CC3)ncn2)n1. The lowest BCUT2D eigenvalue weighted by molar-refractivity contribution is -0.157. The van der Waals surface area contributed by atoms with Crippen molar-refractivity contribution in [2.24, 2.45) is 0 Å². The summed E-state index contributed by atoms with van der Waals surface area (Å²) in [6, 6.07) is 3.75. The van der Waals surface area contributed by atoms with E-state index in [0.717, 1.165) is 11.5 Å². The van der Waals surface area contributed by atoms with Gasteiger partial charge in [-0.15, -0.1) is 10.2 Å². The van der Waals surface area contributed by atoms with Crippen LogP contribution in [0.1, 0.15) is 17.5 Å². The summed E-state index contributed by atoms with van der Waals surface area (Å²) < 4.78 is 44.0. The predicted molar refractivity (Wildman–Crippen MR) is 90.7 cm³/mol. The van der Waals surface area contributed by atoms with E-state index >= 15 is 0 Å². The Labute approximate surface area is 157 Å². The molecule has 0 spiro atoms. The molecule has 0 amide bonds. The van der Waals surface area contributed by atoms with Gasteiger partial charge < -0.3 is 9.32 Å². The van der Waals surface area contributed by atoms with Crippen LogP contribution in [0.3, 0.4) is 0 Å². The molecule has 0 saturated carbocycles. The lowest BCUT2D eigenvalue weighted by Gasteiger charge is -2.34. The van der Waals surface area contributed by atoms with Crippen molar-refractivity contribution >= 4 is 5.82 Å². The Morgan fingerprint density at radius 3 is 2.46 bits per heavy atom. The van der Waals surface area contributed by atoms with Crippen LogP contribution in [0.15, 0.2) is 29.1 Å². The fourth-order valence-corrected chi connectivity index (χ4v) is 2.94. The molecular formula is C16H17F3N8O. The van der Waals surface area contributed by atoms with Crippen LogP contribution in [-0.2, 0) is 12.7 Å². The summed E-state index contributed by atoms with van der Waals surface area (Å²) in [6.45, 7) is 4.66. The van der Waals surface area contributed by atoms with E-state index in [1.54, 1.807) is 4.68 Å². The number of nitrogens with zero attached hydrogens (tertiary/aromatic N) is 8. The molecular weight excluding hydrogens is 377 g/mol. The summed E-state index contributed by atoms with van der Waals surface area (Å²) in [5.74, 6) is 0.0867. The van der Waals surface area contributed by atoms with E-state index in [9.17, 15) is 13.2 Å². The summed E-state index contributed by atoms with van der Waals surface area (Å²) in [7, 11) is 0. The van der Waals surface area contributed by atoms with E-state index in [1.165, 1.54) is 6.33 Å². The number of piperazine rings is 1. The quantitative estimate of drug-likeness (QED) is 0.661. The molecule has 1 saturated heterocycles. The molecule has 1 fully saturated rings. The van der Waals surface area contributed by atoms with Crippen molar-refractivity contribution in [3.05, 3.63) is 42.1 Å². The van der Waals surface area contributed by atoms with Crippen LogP contribution in [0.2, 0.25) is 0 Å². The van der Waals surface area contributed by atoms with Crippen molar-refractivity contribution < 1.29 is 17.6 Å². The van der Waals surface area contributed by atoms with Crippen LogP contribution >= 0.6 is 0 Å². The van der Waals surface area contributed by atoms with Gasteiger partial charge in [0, 0.05) is 38.4 Å². The number of anilines is 1. The van der Waals surface area contributed by atoms with Crippen LogP contribution < -0.4 is 4.90 Å². The zero-order chi connectivity index (χ0) is 19.7. The highest BCUT2D eigenvalue weighted by Gasteiger charge is 2.38. The van der Waals surface area contributed by atoms with Gasteiger partial charge in [0.1, 0.15) is 12.1 Å². The first-order chi connectivity index (χ1) is 13.4. The van der Waals surface area contributed by atoms with Crippen LogP contribution in [0.25, 0.3) is 5.82 Å². The summed E-state index contributed by atoms with van der Waals surface area (Å²) in [5, 5.41) is 10.9. The smallest absolute Gasteiger partial charge is 0.416 e. The molecule has 0 radical (unpaired) electrons. The third-order valence-corrected chi connectivity index (χ3v) is 4.36. The van der Waals surface area contributed by atoms with Crippen LogP contribution in [0.5, 0.6) is 0 Å². The molecule has 0 N–H and O–H groups in total. The highest BCUT2D eigenvalue weighted by molar-refractivity contribution is 5.43. The van der Waals surface area contributed by atoms with E-state index < -0.39 is 12.1 Å². The molecule has 0 aromatic carbocycles. The van der Waals surface area contributed by atoms with Crippen molar-refractivity contribution in [2.75, 3.05) is 31.1 Å². The molecule has 28 heavy (non-hydrogen) atoms. The average molecular weight is 394 g/mol. The van der Waals surface area contributed by atoms with E-state index in [0.29, 0.717) is 32.0 Å². The van der Waals surface area contributed by atoms with Gasteiger partial charge in [-0.2, -0.15) is 18.3 Å². The lowest BCUT2D eigenvalue weighted by Crippen LogP contribution is -2.46. The molecule has 0 unspecified atom stereocenters. The molecule has 3 aromatic rings. The zero-order valence-electron chi connectivity index (χ0n) is 15.0. The Balaban J connectivity index is 1.37. The highest BCUT2D eigenvalue weighted by atomic mass is 19.4. The topological polar surface area (TPSA) is 89.0 Å². The Hall–Kier alpha value is -3.02. The average Bonchev–Trinajstić information content (AvgIpc) is 3.31. The first-order valence-corrected chi connectivity index (χ1v) is 8.60. The van der Waals surface area contributed by atoms with Crippen LogP contribution in [0.4, 0.5) is 19.0 Å². The predicted octanol–water partition coefficient (Wildman–Crippen LogP) is 1.69.